The molecule has 0 spiro atoms. The second kappa shape index (κ2) is 13.8. The van der Waals surface area contributed by atoms with Crippen LogP contribution in [0.4, 0.5) is 37.8 Å². The molecule has 4 amide bonds. The number of phenols is 1. The fraction of sp³-hybridized carbons (Fsp3) is 0.275. The van der Waals surface area contributed by atoms with E-state index >= 15 is 4.79 Å². The predicted octanol–water partition coefficient (Wildman–Crippen LogP) is 8.23. The molecule has 1 N–H and O–H groups in total. The van der Waals surface area contributed by atoms with Crippen LogP contribution in [0.15, 0.2) is 96.6 Å². The summed E-state index contributed by atoms with van der Waals surface area (Å²) in [5.74, 6) is -11.3. The van der Waals surface area contributed by atoms with Crippen molar-refractivity contribution in [1.29, 1.82) is 0 Å². The van der Waals surface area contributed by atoms with Gasteiger partial charge < -0.3 is 9.84 Å². The number of ether oxygens (including phenoxy) is 1. The van der Waals surface area contributed by atoms with E-state index in [2.05, 4.69) is 9.72 Å². The maximum atomic E-state index is 15.3. The maximum absolute atomic E-state index is 15.3. The van der Waals surface area contributed by atoms with Crippen molar-refractivity contribution < 1.29 is 55.4 Å². The summed E-state index contributed by atoms with van der Waals surface area (Å²) in [6.45, 7) is 0. The highest BCUT2D eigenvalue weighted by Crippen LogP contribution is 2.65. The summed E-state index contributed by atoms with van der Waals surface area (Å²) in [6, 6.07) is 18.3. The van der Waals surface area contributed by atoms with Gasteiger partial charge in [-0.25, -0.2) is 9.88 Å². The third kappa shape index (κ3) is 6.06. The van der Waals surface area contributed by atoms with Crippen LogP contribution in [-0.2, 0) is 30.8 Å². The molecule has 2 aliphatic carbocycles. The molecular weight excluding hydrogens is 817 g/mol. The van der Waals surface area contributed by atoms with Crippen LogP contribution in [0.1, 0.15) is 35.6 Å². The van der Waals surface area contributed by atoms with Gasteiger partial charge in [0.1, 0.15) is 17.2 Å². The topological polar surface area (TPSA) is 120 Å². The number of alkyl halides is 6. The molecule has 6 atom stereocenters. The number of aromatic nitrogens is 1. The van der Waals surface area contributed by atoms with Gasteiger partial charge in [-0.05, 0) is 72.9 Å². The Kier molecular flexibility index (Phi) is 9.30. The van der Waals surface area contributed by atoms with Gasteiger partial charge in [-0.15, -0.1) is 13.2 Å². The summed E-state index contributed by atoms with van der Waals surface area (Å²) in [5.41, 5.74) is -2.89. The minimum atomic E-state index is -5.16. The number of benzene rings is 3. The monoisotopic (exact) mass is 844 g/mol. The SMILES string of the molecule is CN(c1nc(C(F)(F)F)ccc1Cl)N1C(=O)[C@H]2[C@H](CC=C3[C@H]2C[C@H]2C(=O)N(c4cccc(Cl)c4)C(=O)[C@@]2(c2ccccc2)[C@H]3c2cc(OC(F)(F)F)ccc2O)C1=O. The largest absolute Gasteiger partial charge is 0.573 e. The summed E-state index contributed by atoms with van der Waals surface area (Å²) < 4.78 is 86.2. The zero-order chi connectivity index (χ0) is 41.6. The number of aromatic hydroxyl groups is 1. The van der Waals surface area contributed by atoms with Crippen molar-refractivity contribution in [3.63, 3.8) is 0 Å². The van der Waals surface area contributed by atoms with Crippen molar-refractivity contribution in [2.24, 2.45) is 23.7 Å². The number of nitrogens with zero attached hydrogens (tertiary/aromatic N) is 4. The number of carbonyl (C=O) groups excluding carboxylic acids is 4. The Labute approximate surface area is 335 Å². The molecule has 3 heterocycles. The van der Waals surface area contributed by atoms with Crippen molar-refractivity contribution in [1.82, 2.24) is 9.99 Å². The van der Waals surface area contributed by atoms with Gasteiger partial charge in [0, 0.05) is 23.6 Å². The first-order chi connectivity index (χ1) is 27.3. The molecule has 0 bridgehead atoms. The molecule has 1 saturated carbocycles. The van der Waals surface area contributed by atoms with E-state index in [0.29, 0.717) is 11.1 Å². The molecule has 18 heteroatoms. The molecule has 2 aliphatic heterocycles. The average Bonchev–Trinajstić information content (AvgIpc) is 3.55. The van der Waals surface area contributed by atoms with Gasteiger partial charge in [-0.2, -0.15) is 18.2 Å². The van der Waals surface area contributed by atoms with Gasteiger partial charge in [0.25, 0.3) is 11.8 Å². The Hall–Kier alpha value is -5.61. The van der Waals surface area contributed by atoms with Crippen LogP contribution in [0.3, 0.4) is 0 Å². The van der Waals surface area contributed by atoms with Gasteiger partial charge in [0.15, 0.2) is 5.82 Å². The number of halogens is 8. The van der Waals surface area contributed by atoms with E-state index in [0.717, 1.165) is 41.2 Å². The molecule has 4 aliphatic rings. The third-order valence-corrected chi connectivity index (χ3v) is 11.9. The van der Waals surface area contributed by atoms with Crippen LogP contribution in [-0.4, -0.2) is 52.1 Å². The maximum Gasteiger partial charge on any atom is 0.573 e. The van der Waals surface area contributed by atoms with E-state index in [9.17, 15) is 45.8 Å². The number of allylic oxidation sites excluding steroid dienone is 2. The predicted molar refractivity (Wildman–Crippen MR) is 195 cm³/mol. The number of rotatable bonds is 6. The Morgan fingerprint density at radius 1 is 0.862 bits per heavy atom. The molecule has 3 fully saturated rings. The van der Waals surface area contributed by atoms with Crippen LogP contribution < -0.4 is 14.6 Å². The summed E-state index contributed by atoms with van der Waals surface area (Å²) >= 11 is 12.6. The van der Waals surface area contributed by atoms with Crippen molar-refractivity contribution in [2.75, 3.05) is 17.0 Å². The molecule has 3 aromatic carbocycles. The molecule has 1 aromatic heterocycles. The summed E-state index contributed by atoms with van der Waals surface area (Å²) in [7, 11) is 1.14. The van der Waals surface area contributed by atoms with E-state index in [1.165, 1.54) is 24.3 Å². The molecule has 300 valence electrons. The van der Waals surface area contributed by atoms with Crippen LogP contribution >= 0.6 is 23.2 Å². The highest BCUT2D eigenvalue weighted by Gasteiger charge is 2.71. The molecule has 4 aromatic rings. The molecule has 0 radical (unpaired) electrons. The highest BCUT2D eigenvalue weighted by atomic mass is 35.5. The first-order valence-corrected chi connectivity index (χ1v) is 18.4. The second-order valence-corrected chi connectivity index (χ2v) is 15.2. The molecular formula is C40H28Cl2F6N4O6. The smallest absolute Gasteiger partial charge is 0.508 e. The number of hydrogen-bond donors (Lipinski definition) is 1. The van der Waals surface area contributed by atoms with E-state index in [1.54, 1.807) is 36.4 Å². The van der Waals surface area contributed by atoms with E-state index < -0.39 is 94.2 Å². The fourth-order valence-electron chi connectivity index (χ4n) is 9.24. The lowest BCUT2D eigenvalue weighted by molar-refractivity contribution is -0.274. The number of pyridine rings is 1. The molecule has 58 heavy (non-hydrogen) atoms. The lowest BCUT2D eigenvalue weighted by Gasteiger charge is -2.50. The number of hydrazine groups is 1. The van der Waals surface area contributed by atoms with Crippen LogP contribution in [0.2, 0.25) is 10.0 Å². The number of anilines is 2. The van der Waals surface area contributed by atoms with Crippen molar-refractivity contribution >= 4 is 58.3 Å². The normalized spacial score (nSPS) is 25.7. The van der Waals surface area contributed by atoms with Crippen LogP contribution in [0.5, 0.6) is 11.5 Å². The molecule has 2 saturated heterocycles. The number of hydrogen-bond acceptors (Lipinski definition) is 8. The first-order valence-electron chi connectivity index (χ1n) is 17.7. The molecule has 10 nitrogen and oxygen atoms in total. The van der Waals surface area contributed by atoms with Gasteiger partial charge >= 0.3 is 12.5 Å². The minimum Gasteiger partial charge on any atom is -0.508 e. The lowest BCUT2D eigenvalue weighted by Crippen LogP contribution is -2.53. The number of phenolic OH excluding ortho intramolecular Hbond substituents is 1. The van der Waals surface area contributed by atoms with Crippen LogP contribution in [0.25, 0.3) is 0 Å². The Morgan fingerprint density at radius 3 is 2.26 bits per heavy atom. The molecule has 8 rings (SSSR count). The lowest BCUT2D eigenvalue weighted by atomic mass is 9.49. The number of carbonyl (C=O) groups is 4. The fourth-order valence-corrected chi connectivity index (χ4v) is 9.65. The minimum absolute atomic E-state index is 0.0875. The number of fused-ring (bicyclic) bond motifs is 4. The van der Waals surface area contributed by atoms with Crippen molar-refractivity contribution in [2.45, 2.75) is 36.7 Å². The zero-order valence-electron chi connectivity index (χ0n) is 29.8. The zero-order valence-corrected chi connectivity index (χ0v) is 31.3. The third-order valence-electron chi connectivity index (χ3n) is 11.4. The van der Waals surface area contributed by atoms with E-state index in [-0.39, 0.29) is 45.3 Å². The number of imide groups is 2. The van der Waals surface area contributed by atoms with E-state index in [1.807, 2.05) is 0 Å². The molecule has 0 unspecified atom stereocenters. The number of amides is 4. The second-order valence-electron chi connectivity index (χ2n) is 14.4. The highest BCUT2D eigenvalue weighted by molar-refractivity contribution is 6.33. The average molecular weight is 846 g/mol. The first kappa shape index (κ1) is 39.2. The quantitative estimate of drug-likeness (QED) is 0.117. The van der Waals surface area contributed by atoms with Gasteiger partial charge in [-0.3, -0.25) is 24.2 Å². The summed E-state index contributed by atoms with van der Waals surface area (Å²) in [5, 5.41) is 12.9. The van der Waals surface area contributed by atoms with E-state index in [4.69, 9.17) is 23.2 Å². The van der Waals surface area contributed by atoms with Crippen molar-refractivity contribution in [3.8, 4) is 11.5 Å². The summed E-state index contributed by atoms with van der Waals surface area (Å²) in [4.78, 5) is 63.5. The van der Waals surface area contributed by atoms with Gasteiger partial charge in [-0.1, -0.05) is 71.2 Å². The Balaban J connectivity index is 1.32. The van der Waals surface area contributed by atoms with Crippen LogP contribution in [0, 0.1) is 23.7 Å². The summed E-state index contributed by atoms with van der Waals surface area (Å²) in [6.07, 6.45) is -8.88. The Morgan fingerprint density at radius 2 is 1.59 bits per heavy atom. The van der Waals surface area contributed by atoms with Gasteiger partial charge in [0.2, 0.25) is 11.8 Å². The Bertz CT molecular complexity index is 2430. The van der Waals surface area contributed by atoms with Gasteiger partial charge in [0.05, 0.1) is 33.9 Å². The van der Waals surface area contributed by atoms with Crippen molar-refractivity contribution in [3.05, 3.63) is 123 Å². The standard InChI is InChI=1S/C40H28Cl2F6N4O6/c1-50(33-28(42)13-15-30(49-33)39(43,44)45)52-34(54)24-12-11-23-25(31(24)36(52)56)18-27-35(55)51(21-9-5-8-20(41)16-21)37(57)38(27,19-6-3-2-4-7-19)32(23)26-17-22(10-14-29(26)53)58-40(46,47)48/h2-11,13-17,24-25,27,31-32,53H,12,18H2,1H3/t24-,25+,27-,31-,32+,38+/m0/s1.